The van der Waals surface area contributed by atoms with Crippen molar-refractivity contribution < 1.29 is 9.18 Å². The summed E-state index contributed by atoms with van der Waals surface area (Å²) in [5.41, 5.74) is 0.991. The number of nitrogens with zero attached hydrogens (tertiary/aromatic N) is 4. The average molecular weight is 334 g/mol. The van der Waals surface area contributed by atoms with Gasteiger partial charge in [-0.2, -0.15) is 4.37 Å². The molecule has 0 radical (unpaired) electrons. The van der Waals surface area contributed by atoms with Crippen molar-refractivity contribution in [3.05, 3.63) is 41.5 Å². The minimum Gasteiger partial charge on any atom is -0.343 e. The van der Waals surface area contributed by atoms with Gasteiger partial charge in [-0.3, -0.25) is 4.79 Å². The van der Waals surface area contributed by atoms with Crippen LogP contribution in [0.2, 0.25) is 0 Å². The van der Waals surface area contributed by atoms with E-state index in [-0.39, 0.29) is 17.8 Å². The van der Waals surface area contributed by atoms with Gasteiger partial charge in [-0.05, 0) is 24.6 Å². The zero-order valence-electron chi connectivity index (χ0n) is 13.2. The molecule has 1 aliphatic heterocycles. The molecular formula is C16H19FN4OS. The molecule has 1 aromatic heterocycles. The van der Waals surface area contributed by atoms with Crippen molar-refractivity contribution in [1.29, 1.82) is 0 Å². The van der Waals surface area contributed by atoms with Crippen LogP contribution in [-0.4, -0.2) is 45.8 Å². The quantitative estimate of drug-likeness (QED) is 0.864. The second-order valence-corrected chi connectivity index (χ2v) is 6.53. The summed E-state index contributed by atoms with van der Waals surface area (Å²) < 4.78 is 17.3. The molecule has 0 saturated carbocycles. The van der Waals surface area contributed by atoms with Gasteiger partial charge in [0.25, 0.3) is 0 Å². The first kappa shape index (κ1) is 15.9. The SMILES string of the molecule is CC(=O)N1CCN(c2nc(Cc3ccc(F)cc3)ns2)C[C@H]1C. The van der Waals surface area contributed by atoms with Crippen molar-refractivity contribution in [2.75, 3.05) is 24.5 Å². The summed E-state index contributed by atoms with van der Waals surface area (Å²) >= 11 is 1.38. The first-order valence-electron chi connectivity index (χ1n) is 7.62. The minimum atomic E-state index is -0.238. The van der Waals surface area contributed by atoms with E-state index in [2.05, 4.69) is 14.3 Å². The molecule has 5 nitrogen and oxygen atoms in total. The lowest BCUT2D eigenvalue weighted by Crippen LogP contribution is -2.53. The number of amides is 1. The predicted octanol–water partition coefficient (Wildman–Crippen LogP) is 2.33. The Balaban J connectivity index is 1.65. The number of halogens is 1. The molecule has 3 rings (SSSR count). The molecule has 2 aromatic rings. The lowest BCUT2D eigenvalue weighted by atomic mass is 10.1. The van der Waals surface area contributed by atoms with Gasteiger partial charge in [-0.1, -0.05) is 12.1 Å². The van der Waals surface area contributed by atoms with E-state index in [1.807, 2.05) is 11.8 Å². The van der Waals surface area contributed by atoms with Crippen molar-refractivity contribution in [3.8, 4) is 0 Å². The summed E-state index contributed by atoms with van der Waals surface area (Å²) in [5, 5.41) is 0.886. The summed E-state index contributed by atoms with van der Waals surface area (Å²) in [5.74, 6) is 0.627. The number of piperazine rings is 1. The topological polar surface area (TPSA) is 49.3 Å². The number of hydrogen-bond donors (Lipinski definition) is 0. The van der Waals surface area contributed by atoms with Crippen molar-refractivity contribution >= 4 is 22.6 Å². The third kappa shape index (κ3) is 3.67. The van der Waals surface area contributed by atoms with Crippen LogP contribution in [0, 0.1) is 5.82 Å². The molecular weight excluding hydrogens is 315 g/mol. The Morgan fingerprint density at radius 3 is 2.74 bits per heavy atom. The Labute approximate surface area is 138 Å². The molecule has 2 heterocycles. The average Bonchev–Trinajstić information content (AvgIpc) is 2.97. The van der Waals surface area contributed by atoms with Gasteiger partial charge < -0.3 is 9.80 Å². The molecule has 1 aliphatic rings. The van der Waals surface area contributed by atoms with Crippen LogP contribution in [0.15, 0.2) is 24.3 Å². The van der Waals surface area contributed by atoms with E-state index in [9.17, 15) is 9.18 Å². The highest BCUT2D eigenvalue weighted by Crippen LogP contribution is 2.22. The molecule has 0 bridgehead atoms. The van der Waals surface area contributed by atoms with Crippen LogP contribution in [0.25, 0.3) is 0 Å². The van der Waals surface area contributed by atoms with Crippen LogP contribution >= 0.6 is 11.5 Å². The molecule has 1 atom stereocenters. The Morgan fingerprint density at radius 2 is 2.09 bits per heavy atom. The molecule has 0 aliphatic carbocycles. The van der Waals surface area contributed by atoms with E-state index in [0.29, 0.717) is 13.0 Å². The van der Waals surface area contributed by atoms with Crippen LogP contribution in [0.5, 0.6) is 0 Å². The van der Waals surface area contributed by atoms with Gasteiger partial charge in [0.2, 0.25) is 11.0 Å². The Hall–Kier alpha value is -2.02. The van der Waals surface area contributed by atoms with Gasteiger partial charge in [-0.25, -0.2) is 9.37 Å². The smallest absolute Gasteiger partial charge is 0.219 e. The highest BCUT2D eigenvalue weighted by atomic mass is 32.1. The lowest BCUT2D eigenvalue weighted by Gasteiger charge is -2.39. The van der Waals surface area contributed by atoms with Crippen LogP contribution in [-0.2, 0) is 11.2 Å². The van der Waals surface area contributed by atoms with Gasteiger partial charge in [0.1, 0.15) is 11.6 Å². The summed E-state index contributed by atoms with van der Waals surface area (Å²) in [6, 6.07) is 6.58. The molecule has 23 heavy (non-hydrogen) atoms. The maximum atomic E-state index is 12.9. The Morgan fingerprint density at radius 1 is 1.35 bits per heavy atom. The first-order chi connectivity index (χ1) is 11.0. The Kier molecular flexibility index (Phi) is 4.56. The number of anilines is 1. The minimum absolute atomic E-state index is 0.117. The van der Waals surface area contributed by atoms with Crippen molar-refractivity contribution in [1.82, 2.24) is 14.3 Å². The molecule has 0 N–H and O–H groups in total. The van der Waals surface area contributed by atoms with E-state index < -0.39 is 0 Å². The molecule has 1 amide bonds. The molecule has 122 valence electrons. The number of carbonyl (C=O) groups is 1. The molecule has 1 aromatic carbocycles. The Bertz CT molecular complexity index is 688. The van der Waals surface area contributed by atoms with Crippen LogP contribution in [0.1, 0.15) is 25.2 Å². The van der Waals surface area contributed by atoms with E-state index in [4.69, 9.17) is 0 Å². The van der Waals surface area contributed by atoms with E-state index in [1.54, 1.807) is 19.1 Å². The number of rotatable bonds is 3. The normalized spacial score (nSPS) is 18.3. The number of carbonyl (C=O) groups excluding carboxylic acids is 1. The third-order valence-corrected chi connectivity index (χ3v) is 4.85. The van der Waals surface area contributed by atoms with Crippen LogP contribution in [0.3, 0.4) is 0 Å². The second-order valence-electron chi connectivity index (χ2n) is 5.80. The molecule has 0 unspecified atom stereocenters. The largest absolute Gasteiger partial charge is 0.343 e. The van der Waals surface area contributed by atoms with Gasteiger partial charge in [0, 0.05) is 50.6 Å². The number of aromatic nitrogens is 2. The van der Waals surface area contributed by atoms with Gasteiger partial charge >= 0.3 is 0 Å². The highest BCUT2D eigenvalue weighted by molar-refractivity contribution is 7.09. The first-order valence-corrected chi connectivity index (χ1v) is 8.39. The highest BCUT2D eigenvalue weighted by Gasteiger charge is 2.27. The maximum absolute atomic E-state index is 12.9. The zero-order chi connectivity index (χ0) is 16.4. The van der Waals surface area contributed by atoms with E-state index >= 15 is 0 Å². The summed E-state index contributed by atoms with van der Waals surface area (Å²) in [7, 11) is 0. The molecule has 1 saturated heterocycles. The summed E-state index contributed by atoms with van der Waals surface area (Å²) in [4.78, 5) is 20.2. The van der Waals surface area contributed by atoms with Crippen LogP contribution < -0.4 is 4.90 Å². The molecule has 7 heteroatoms. The third-order valence-electron chi connectivity index (χ3n) is 4.04. The fourth-order valence-electron chi connectivity index (χ4n) is 2.83. The maximum Gasteiger partial charge on any atom is 0.219 e. The lowest BCUT2D eigenvalue weighted by molar-refractivity contribution is -0.131. The summed E-state index contributed by atoms with van der Waals surface area (Å²) in [6.07, 6.45) is 0.597. The monoisotopic (exact) mass is 334 g/mol. The van der Waals surface area contributed by atoms with Crippen molar-refractivity contribution in [3.63, 3.8) is 0 Å². The molecule has 1 fully saturated rings. The predicted molar refractivity (Wildman–Crippen MR) is 88.2 cm³/mol. The fraction of sp³-hybridized carbons (Fsp3) is 0.438. The van der Waals surface area contributed by atoms with E-state index in [0.717, 1.165) is 29.6 Å². The van der Waals surface area contributed by atoms with E-state index in [1.165, 1.54) is 23.7 Å². The van der Waals surface area contributed by atoms with Crippen molar-refractivity contribution in [2.45, 2.75) is 26.3 Å². The van der Waals surface area contributed by atoms with Gasteiger partial charge in [0.15, 0.2) is 0 Å². The van der Waals surface area contributed by atoms with Crippen molar-refractivity contribution in [2.24, 2.45) is 0 Å². The van der Waals surface area contributed by atoms with Gasteiger partial charge in [0.05, 0.1) is 0 Å². The zero-order valence-corrected chi connectivity index (χ0v) is 14.0. The van der Waals surface area contributed by atoms with Crippen LogP contribution in [0.4, 0.5) is 9.52 Å². The molecule has 0 spiro atoms. The fourth-order valence-corrected chi connectivity index (χ4v) is 3.55. The number of hydrogen-bond acceptors (Lipinski definition) is 5. The standard InChI is InChI=1S/C16H19FN4OS/c1-11-10-20(7-8-21(11)12(2)22)16-18-15(19-23-16)9-13-3-5-14(17)6-4-13/h3-6,11H,7-10H2,1-2H3/t11-/m1/s1. The van der Waals surface area contributed by atoms with Gasteiger partial charge in [-0.15, -0.1) is 0 Å². The number of benzene rings is 1. The second kappa shape index (κ2) is 6.62. The summed E-state index contributed by atoms with van der Waals surface area (Å²) in [6.45, 7) is 5.91.